The number of benzene rings is 1. The number of carboxylic acid groups (broad SMARTS) is 1. The molecule has 20 heavy (non-hydrogen) atoms. The number of hydrogen-bond donors (Lipinski definition) is 1. The van der Waals surface area contributed by atoms with Crippen LogP contribution in [-0.2, 0) is 6.42 Å². The van der Waals surface area contributed by atoms with Crippen LogP contribution in [-0.4, -0.2) is 29.4 Å². The number of aromatic carboxylic acids is 1. The first-order valence-electron chi connectivity index (χ1n) is 6.32. The lowest BCUT2D eigenvalue weighted by atomic mass is 10.0. The van der Waals surface area contributed by atoms with Gasteiger partial charge in [-0.15, -0.1) is 0 Å². The number of carboxylic acids is 1. The summed E-state index contributed by atoms with van der Waals surface area (Å²) in [7, 11) is 0. The van der Waals surface area contributed by atoms with E-state index in [2.05, 4.69) is 5.16 Å². The van der Waals surface area contributed by atoms with Gasteiger partial charge in [-0.25, -0.2) is 4.79 Å². The second kappa shape index (κ2) is 4.88. The van der Waals surface area contributed by atoms with Gasteiger partial charge in [-0.05, 0) is 24.1 Å². The Kier molecular flexibility index (Phi) is 3.06. The fourth-order valence-electron chi connectivity index (χ4n) is 2.16. The minimum atomic E-state index is -1.12. The van der Waals surface area contributed by atoms with Crippen molar-refractivity contribution in [3.05, 3.63) is 29.5 Å². The first-order valence-corrected chi connectivity index (χ1v) is 6.32. The number of carbonyl (C=O) groups is 1. The van der Waals surface area contributed by atoms with E-state index in [4.69, 9.17) is 19.1 Å². The first kappa shape index (κ1) is 12.5. The Bertz CT molecular complexity index is 662. The van der Waals surface area contributed by atoms with E-state index in [0.717, 1.165) is 17.5 Å². The molecule has 6 nitrogen and oxygen atoms in total. The SMILES string of the molecule is CCc1cc2c(cc1-c1cc(C(=O)O)no1)OCCO2. The molecule has 0 unspecified atom stereocenters. The predicted molar refractivity (Wildman–Crippen MR) is 69.3 cm³/mol. The molecule has 1 N–H and O–H groups in total. The monoisotopic (exact) mass is 275 g/mol. The van der Waals surface area contributed by atoms with Crippen LogP contribution >= 0.6 is 0 Å². The summed E-state index contributed by atoms with van der Waals surface area (Å²) in [6.07, 6.45) is 0.759. The van der Waals surface area contributed by atoms with Crippen LogP contribution in [0, 0.1) is 0 Å². The molecule has 0 bridgehead atoms. The van der Waals surface area contributed by atoms with E-state index in [1.54, 1.807) is 6.07 Å². The summed E-state index contributed by atoms with van der Waals surface area (Å²) in [5.41, 5.74) is 1.65. The second-order valence-electron chi connectivity index (χ2n) is 4.39. The third-order valence-electron chi connectivity index (χ3n) is 3.14. The topological polar surface area (TPSA) is 81.8 Å². The standard InChI is InChI=1S/C14H13NO5/c1-2-8-5-12-13(19-4-3-18-12)6-9(8)11-7-10(14(16)17)15-20-11/h5-7H,2-4H2,1H3,(H,16,17). The van der Waals surface area contributed by atoms with Gasteiger partial charge in [-0.3, -0.25) is 0 Å². The van der Waals surface area contributed by atoms with Crippen molar-refractivity contribution in [2.45, 2.75) is 13.3 Å². The van der Waals surface area contributed by atoms with Gasteiger partial charge in [0.2, 0.25) is 0 Å². The highest BCUT2D eigenvalue weighted by molar-refractivity contribution is 5.86. The highest BCUT2D eigenvalue weighted by atomic mass is 16.6. The summed E-state index contributed by atoms with van der Waals surface area (Å²) in [4.78, 5) is 10.9. The Labute approximate surface area is 114 Å². The Morgan fingerprint density at radius 1 is 1.25 bits per heavy atom. The molecule has 1 aliphatic rings. The summed E-state index contributed by atoms with van der Waals surface area (Å²) in [6.45, 7) is 3.03. The molecular formula is C14H13NO5. The van der Waals surface area contributed by atoms with Gasteiger partial charge in [0.05, 0.1) is 0 Å². The highest BCUT2D eigenvalue weighted by Crippen LogP contribution is 2.37. The van der Waals surface area contributed by atoms with Crippen molar-refractivity contribution in [3.8, 4) is 22.8 Å². The van der Waals surface area contributed by atoms with E-state index in [1.807, 2.05) is 13.0 Å². The third-order valence-corrected chi connectivity index (χ3v) is 3.14. The first-order chi connectivity index (χ1) is 9.69. The van der Waals surface area contributed by atoms with Crippen molar-refractivity contribution in [3.63, 3.8) is 0 Å². The van der Waals surface area contributed by atoms with Gasteiger partial charge in [-0.1, -0.05) is 12.1 Å². The summed E-state index contributed by atoms with van der Waals surface area (Å²) in [5.74, 6) is 0.637. The number of aryl methyl sites for hydroxylation is 1. The van der Waals surface area contributed by atoms with E-state index < -0.39 is 5.97 Å². The smallest absolute Gasteiger partial charge is 0.358 e. The third kappa shape index (κ3) is 2.09. The lowest BCUT2D eigenvalue weighted by molar-refractivity contribution is 0.0686. The molecule has 1 aromatic heterocycles. The molecule has 3 rings (SSSR count). The molecule has 2 heterocycles. The van der Waals surface area contributed by atoms with Crippen molar-refractivity contribution >= 4 is 5.97 Å². The van der Waals surface area contributed by atoms with E-state index in [-0.39, 0.29) is 5.69 Å². The van der Waals surface area contributed by atoms with Gasteiger partial charge in [0.15, 0.2) is 23.0 Å². The van der Waals surface area contributed by atoms with Crippen molar-refractivity contribution in [2.24, 2.45) is 0 Å². The zero-order valence-corrected chi connectivity index (χ0v) is 10.9. The lowest BCUT2D eigenvalue weighted by Crippen LogP contribution is -2.15. The zero-order valence-electron chi connectivity index (χ0n) is 10.9. The van der Waals surface area contributed by atoms with Crippen LogP contribution in [0.4, 0.5) is 0 Å². The fraction of sp³-hybridized carbons (Fsp3) is 0.286. The van der Waals surface area contributed by atoms with Crippen LogP contribution in [0.15, 0.2) is 22.7 Å². The average Bonchev–Trinajstić information content (AvgIpc) is 2.95. The van der Waals surface area contributed by atoms with Gasteiger partial charge in [0.25, 0.3) is 0 Å². The molecule has 0 saturated carbocycles. The normalized spacial score (nSPS) is 13.2. The second-order valence-corrected chi connectivity index (χ2v) is 4.39. The van der Waals surface area contributed by atoms with E-state index in [1.165, 1.54) is 6.07 Å². The zero-order chi connectivity index (χ0) is 14.1. The van der Waals surface area contributed by atoms with Crippen LogP contribution in [0.2, 0.25) is 0 Å². The molecule has 0 aliphatic carbocycles. The largest absolute Gasteiger partial charge is 0.486 e. The number of aromatic nitrogens is 1. The summed E-state index contributed by atoms with van der Waals surface area (Å²) in [5, 5.41) is 12.4. The summed E-state index contributed by atoms with van der Waals surface area (Å²) in [6, 6.07) is 5.11. The quantitative estimate of drug-likeness (QED) is 0.926. The number of nitrogens with zero attached hydrogens (tertiary/aromatic N) is 1. The lowest BCUT2D eigenvalue weighted by Gasteiger charge is -2.20. The van der Waals surface area contributed by atoms with Gasteiger partial charge < -0.3 is 19.1 Å². The van der Waals surface area contributed by atoms with Gasteiger partial charge >= 0.3 is 5.97 Å². The molecule has 0 atom stereocenters. The maximum absolute atomic E-state index is 10.9. The molecule has 2 aromatic rings. The number of hydrogen-bond acceptors (Lipinski definition) is 5. The van der Waals surface area contributed by atoms with Crippen molar-refractivity contribution < 1.29 is 23.9 Å². The summed E-state index contributed by atoms with van der Waals surface area (Å²) >= 11 is 0. The Hall–Kier alpha value is -2.50. The minimum Gasteiger partial charge on any atom is -0.486 e. The van der Waals surface area contributed by atoms with Gasteiger partial charge in [0, 0.05) is 11.6 Å². The highest BCUT2D eigenvalue weighted by Gasteiger charge is 2.19. The number of ether oxygens (including phenoxy) is 2. The molecule has 0 amide bonds. The molecule has 6 heteroatoms. The minimum absolute atomic E-state index is 0.114. The molecule has 0 spiro atoms. The van der Waals surface area contributed by atoms with Crippen molar-refractivity contribution in [2.75, 3.05) is 13.2 Å². The Balaban J connectivity index is 2.08. The van der Waals surface area contributed by atoms with Crippen molar-refractivity contribution in [1.29, 1.82) is 0 Å². The van der Waals surface area contributed by atoms with E-state index >= 15 is 0 Å². The van der Waals surface area contributed by atoms with Gasteiger partial charge in [-0.2, -0.15) is 0 Å². The predicted octanol–water partition coefficient (Wildman–Crippen LogP) is 2.37. The van der Waals surface area contributed by atoms with E-state index in [9.17, 15) is 4.79 Å². The molecule has 1 aliphatic heterocycles. The molecule has 104 valence electrons. The maximum Gasteiger partial charge on any atom is 0.358 e. The van der Waals surface area contributed by atoms with Crippen LogP contribution < -0.4 is 9.47 Å². The fourth-order valence-corrected chi connectivity index (χ4v) is 2.16. The van der Waals surface area contributed by atoms with Crippen LogP contribution in [0.1, 0.15) is 23.0 Å². The van der Waals surface area contributed by atoms with Crippen LogP contribution in [0.5, 0.6) is 11.5 Å². The maximum atomic E-state index is 10.9. The van der Waals surface area contributed by atoms with Crippen LogP contribution in [0.25, 0.3) is 11.3 Å². The van der Waals surface area contributed by atoms with E-state index in [0.29, 0.717) is 30.5 Å². The summed E-state index contributed by atoms with van der Waals surface area (Å²) < 4.78 is 16.2. The average molecular weight is 275 g/mol. The van der Waals surface area contributed by atoms with Crippen molar-refractivity contribution in [1.82, 2.24) is 5.16 Å². The molecule has 0 fully saturated rings. The van der Waals surface area contributed by atoms with Gasteiger partial charge in [0.1, 0.15) is 13.2 Å². The number of fused-ring (bicyclic) bond motifs is 1. The Morgan fingerprint density at radius 2 is 1.95 bits per heavy atom. The molecule has 0 radical (unpaired) electrons. The molecule has 1 aromatic carbocycles. The number of rotatable bonds is 3. The Morgan fingerprint density at radius 3 is 2.55 bits per heavy atom. The van der Waals surface area contributed by atoms with Crippen LogP contribution in [0.3, 0.4) is 0 Å². The molecule has 0 saturated heterocycles. The molecular weight excluding hydrogens is 262 g/mol.